The van der Waals surface area contributed by atoms with Crippen molar-refractivity contribution in [3.05, 3.63) is 71.7 Å². The van der Waals surface area contributed by atoms with Gasteiger partial charge in [0.15, 0.2) is 5.13 Å². The molecule has 1 amide bonds. The Kier molecular flexibility index (Phi) is 3.93. The molecule has 0 spiro atoms. The number of benzene rings is 2. The standard InChI is InChI=1S/C16H13N3OS/c20-15(12-4-2-1-3-5-12)18-13-6-8-14(9-7-13)19-16-17-10-11-21-16/h1-11H,(H,17,19)(H,18,20). The van der Waals surface area contributed by atoms with Crippen molar-refractivity contribution in [3.8, 4) is 0 Å². The number of hydrogen-bond acceptors (Lipinski definition) is 4. The number of rotatable bonds is 4. The summed E-state index contributed by atoms with van der Waals surface area (Å²) in [6, 6.07) is 16.7. The lowest BCUT2D eigenvalue weighted by molar-refractivity contribution is 0.102. The zero-order chi connectivity index (χ0) is 14.5. The van der Waals surface area contributed by atoms with E-state index in [1.807, 2.05) is 47.8 Å². The van der Waals surface area contributed by atoms with Crippen LogP contribution in [0.15, 0.2) is 66.2 Å². The van der Waals surface area contributed by atoms with Gasteiger partial charge in [-0.2, -0.15) is 0 Å². The largest absolute Gasteiger partial charge is 0.332 e. The van der Waals surface area contributed by atoms with Gasteiger partial charge in [0, 0.05) is 28.5 Å². The summed E-state index contributed by atoms with van der Waals surface area (Å²) in [4.78, 5) is 16.2. The monoisotopic (exact) mass is 295 g/mol. The first-order valence-electron chi connectivity index (χ1n) is 6.44. The third-order valence-electron chi connectivity index (χ3n) is 2.86. The minimum atomic E-state index is -0.115. The number of amides is 1. The molecule has 4 nitrogen and oxygen atoms in total. The van der Waals surface area contributed by atoms with Crippen LogP contribution in [0.4, 0.5) is 16.5 Å². The Morgan fingerprint density at radius 2 is 1.67 bits per heavy atom. The van der Waals surface area contributed by atoms with Gasteiger partial charge in [-0.15, -0.1) is 11.3 Å². The molecule has 0 atom stereocenters. The molecule has 3 rings (SSSR count). The lowest BCUT2D eigenvalue weighted by Gasteiger charge is -2.07. The van der Waals surface area contributed by atoms with Gasteiger partial charge < -0.3 is 10.6 Å². The molecule has 0 aliphatic carbocycles. The van der Waals surface area contributed by atoms with Gasteiger partial charge in [0.1, 0.15) is 0 Å². The molecule has 2 N–H and O–H groups in total. The van der Waals surface area contributed by atoms with Crippen molar-refractivity contribution in [3.63, 3.8) is 0 Å². The number of nitrogens with one attached hydrogen (secondary N) is 2. The number of hydrogen-bond donors (Lipinski definition) is 2. The van der Waals surface area contributed by atoms with Crippen molar-refractivity contribution < 1.29 is 4.79 Å². The molecular formula is C16H13N3OS. The van der Waals surface area contributed by atoms with E-state index in [0.29, 0.717) is 5.56 Å². The van der Waals surface area contributed by atoms with Gasteiger partial charge in [-0.05, 0) is 36.4 Å². The number of nitrogens with zero attached hydrogens (tertiary/aromatic N) is 1. The molecule has 0 aliphatic rings. The quantitative estimate of drug-likeness (QED) is 0.760. The van der Waals surface area contributed by atoms with E-state index in [1.165, 1.54) is 11.3 Å². The van der Waals surface area contributed by atoms with Crippen LogP contribution in [0.25, 0.3) is 0 Å². The number of carbonyl (C=O) groups excluding carboxylic acids is 1. The van der Waals surface area contributed by atoms with Gasteiger partial charge in [0.05, 0.1) is 0 Å². The lowest BCUT2D eigenvalue weighted by atomic mass is 10.2. The van der Waals surface area contributed by atoms with Crippen molar-refractivity contribution >= 4 is 33.8 Å². The van der Waals surface area contributed by atoms with E-state index in [4.69, 9.17) is 0 Å². The molecular weight excluding hydrogens is 282 g/mol. The van der Waals surface area contributed by atoms with Crippen LogP contribution in [-0.2, 0) is 0 Å². The number of thiazole rings is 1. The topological polar surface area (TPSA) is 54.0 Å². The molecule has 21 heavy (non-hydrogen) atoms. The van der Waals surface area contributed by atoms with Gasteiger partial charge in [0.25, 0.3) is 5.91 Å². The predicted octanol–water partition coefficient (Wildman–Crippen LogP) is 4.14. The average Bonchev–Trinajstić information content (AvgIpc) is 3.03. The van der Waals surface area contributed by atoms with E-state index in [2.05, 4.69) is 15.6 Å². The van der Waals surface area contributed by atoms with Gasteiger partial charge in [-0.25, -0.2) is 4.98 Å². The first kappa shape index (κ1) is 13.3. The van der Waals surface area contributed by atoms with E-state index in [-0.39, 0.29) is 5.91 Å². The average molecular weight is 295 g/mol. The molecule has 1 heterocycles. The number of aromatic nitrogens is 1. The second kappa shape index (κ2) is 6.19. The van der Waals surface area contributed by atoms with Crippen LogP contribution in [-0.4, -0.2) is 10.9 Å². The predicted molar refractivity (Wildman–Crippen MR) is 86.2 cm³/mol. The van der Waals surface area contributed by atoms with Gasteiger partial charge in [-0.3, -0.25) is 4.79 Å². The first-order valence-corrected chi connectivity index (χ1v) is 7.32. The Bertz CT molecular complexity index is 709. The molecule has 104 valence electrons. The number of anilines is 3. The maximum absolute atomic E-state index is 12.0. The van der Waals surface area contributed by atoms with Crippen LogP contribution in [0.3, 0.4) is 0 Å². The van der Waals surface area contributed by atoms with Crippen molar-refractivity contribution in [2.24, 2.45) is 0 Å². The molecule has 3 aromatic rings. The highest BCUT2D eigenvalue weighted by Gasteiger charge is 2.05. The first-order chi connectivity index (χ1) is 10.3. The fourth-order valence-corrected chi connectivity index (χ4v) is 2.39. The van der Waals surface area contributed by atoms with Gasteiger partial charge in [-0.1, -0.05) is 18.2 Å². The molecule has 0 unspecified atom stereocenters. The van der Waals surface area contributed by atoms with E-state index < -0.39 is 0 Å². The summed E-state index contributed by atoms with van der Waals surface area (Å²) >= 11 is 1.54. The highest BCUT2D eigenvalue weighted by atomic mass is 32.1. The summed E-state index contributed by atoms with van der Waals surface area (Å²) in [7, 11) is 0. The molecule has 0 radical (unpaired) electrons. The zero-order valence-electron chi connectivity index (χ0n) is 11.1. The highest BCUT2D eigenvalue weighted by molar-refractivity contribution is 7.13. The van der Waals surface area contributed by atoms with Gasteiger partial charge >= 0.3 is 0 Å². The fraction of sp³-hybridized carbons (Fsp3) is 0. The van der Waals surface area contributed by atoms with Gasteiger partial charge in [0.2, 0.25) is 0 Å². The van der Waals surface area contributed by atoms with Crippen LogP contribution in [0, 0.1) is 0 Å². The summed E-state index contributed by atoms with van der Waals surface area (Å²) in [6.07, 6.45) is 1.75. The van der Waals surface area contributed by atoms with E-state index in [0.717, 1.165) is 16.5 Å². The molecule has 2 aromatic carbocycles. The maximum Gasteiger partial charge on any atom is 0.255 e. The Hall–Kier alpha value is -2.66. The summed E-state index contributed by atoms with van der Waals surface area (Å²) in [5.74, 6) is -0.115. The van der Waals surface area contributed by atoms with Crippen LogP contribution < -0.4 is 10.6 Å². The van der Waals surface area contributed by atoms with E-state index >= 15 is 0 Å². The van der Waals surface area contributed by atoms with Crippen molar-refractivity contribution in [2.45, 2.75) is 0 Å². The maximum atomic E-state index is 12.0. The van der Waals surface area contributed by atoms with Crippen LogP contribution in [0.1, 0.15) is 10.4 Å². The molecule has 1 aromatic heterocycles. The normalized spacial score (nSPS) is 10.1. The summed E-state index contributed by atoms with van der Waals surface area (Å²) < 4.78 is 0. The Morgan fingerprint density at radius 1 is 0.952 bits per heavy atom. The second-order valence-corrected chi connectivity index (χ2v) is 5.25. The molecule has 5 heteroatoms. The lowest BCUT2D eigenvalue weighted by Crippen LogP contribution is -2.11. The number of carbonyl (C=O) groups is 1. The molecule has 0 aliphatic heterocycles. The Balaban J connectivity index is 1.66. The summed E-state index contributed by atoms with van der Waals surface area (Å²) in [6.45, 7) is 0. The van der Waals surface area contributed by atoms with E-state index in [1.54, 1.807) is 18.3 Å². The fourth-order valence-electron chi connectivity index (χ4n) is 1.84. The zero-order valence-corrected chi connectivity index (χ0v) is 11.9. The third kappa shape index (κ3) is 3.46. The van der Waals surface area contributed by atoms with Crippen LogP contribution in [0.5, 0.6) is 0 Å². The van der Waals surface area contributed by atoms with Crippen molar-refractivity contribution in [1.29, 1.82) is 0 Å². The third-order valence-corrected chi connectivity index (χ3v) is 3.55. The molecule has 0 saturated carbocycles. The van der Waals surface area contributed by atoms with Crippen molar-refractivity contribution in [2.75, 3.05) is 10.6 Å². The molecule has 0 saturated heterocycles. The minimum Gasteiger partial charge on any atom is -0.332 e. The van der Waals surface area contributed by atoms with Crippen LogP contribution >= 0.6 is 11.3 Å². The Labute approximate surface area is 126 Å². The summed E-state index contributed by atoms with van der Waals surface area (Å²) in [5.41, 5.74) is 2.33. The molecule has 0 bridgehead atoms. The summed E-state index contributed by atoms with van der Waals surface area (Å²) in [5, 5.41) is 8.81. The van der Waals surface area contributed by atoms with Crippen molar-refractivity contribution in [1.82, 2.24) is 4.98 Å². The molecule has 0 fully saturated rings. The Morgan fingerprint density at radius 3 is 2.33 bits per heavy atom. The van der Waals surface area contributed by atoms with Crippen LogP contribution in [0.2, 0.25) is 0 Å². The second-order valence-electron chi connectivity index (χ2n) is 4.36. The highest BCUT2D eigenvalue weighted by Crippen LogP contribution is 2.20. The SMILES string of the molecule is O=C(Nc1ccc(Nc2nccs2)cc1)c1ccccc1. The minimum absolute atomic E-state index is 0.115. The smallest absolute Gasteiger partial charge is 0.255 e. The van der Waals surface area contributed by atoms with E-state index in [9.17, 15) is 4.79 Å².